The molecule has 6 heteroatoms. The molecule has 0 aliphatic carbocycles. The topological polar surface area (TPSA) is 71.4 Å². The van der Waals surface area contributed by atoms with E-state index < -0.39 is 0 Å². The number of pyridine rings is 1. The van der Waals surface area contributed by atoms with Crippen LogP contribution >= 0.6 is 0 Å². The van der Waals surface area contributed by atoms with E-state index in [4.69, 9.17) is 4.74 Å². The molecule has 2 aromatic heterocycles. The number of hydrogen-bond acceptors (Lipinski definition) is 6. The third-order valence-electron chi connectivity index (χ3n) is 3.56. The van der Waals surface area contributed by atoms with E-state index in [0.717, 1.165) is 24.1 Å². The van der Waals surface area contributed by atoms with Crippen LogP contribution in [0.1, 0.15) is 24.5 Å². The first-order valence-electron chi connectivity index (χ1n) is 7.35. The van der Waals surface area contributed by atoms with E-state index in [1.807, 2.05) is 18.3 Å². The van der Waals surface area contributed by atoms with Crippen molar-refractivity contribution in [3.05, 3.63) is 48.0 Å². The van der Waals surface area contributed by atoms with E-state index in [1.54, 1.807) is 25.7 Å². The van der Waals surface area contributed by atoms with Gasteiger partial charge in [-0.1, -0.05) is 13.0 Å². The molecule has 0 aromatic carbocycles. The molecule has 0 aliphatic heterocycles. The Bertz CT molecular complexity index is 544. The van der Waals surface area contributed by atoms with Crippen molar-refractivity contribution in [3.8, 4) is 6.01 Å². The molecule has 0 spiro atoms. The van der Waals surface area contributed by atoms with Gasteiger partial charge in [-0.05, 0) is 18.1 Å². The number of rotatable bonds is 8. The first-order chi connectivity index (χ1) is 10.8. The summed E-state index contributed by atoms with van der Waals surface area (Å²) in [6, 6.07) is 4.40. The van der Waals surface area contributed by atoms with Gasteiger partial charge in [0.15, 0.2) is 0 Å². The summed E-state index contributed by atoms with van der Waals surface area (Å²) in [5.74, 6) is 0. The lowest BCUT2D eigenvalue weighted by Crippen LogP contribution is -2.36. The van der Waals surface area contributed by atoms with Crippen LogP contribution in [0.5, 0.6) is 6.01 Å². The quantitative estimate of drug-likeness (QED) is 0.799. The van der Waals surface area contributed by atoms with Gasteiger partial charge in [-0.15, -0.1) is 0 Å². The Balaban J connectivity index is 2.12. The van der Waals surface area contributed by atoms with Gasteiger partial charge in [-0.25, -0.2) is 9.97 Å². The van der Waals surface area contributed by atoms with Crippen molar-refractivity contribution >= 4 is 0 Å². The summed E-state index contributed by atoms with van der Waals surface area (Å²) in [6.45, 7) is 3.58. The molecule has 0 bridgehead atoms. The van der Waals surface area contributed by atoms with Gasteiger partial charge in [0, 0.05) is 49.5 Å². The fourth-order valence-corrected chi connectivity index (χ4v) is 2.31. The number of methoxy groups -OCH3 is 1. The number of aliphatic hydroxyl groups is 1. The summed E-state index contributed by atoms with van der Waals surface area (Å²) in [4.78, 5) is 14.6. The summed E-state index contributed by atoms with van der Waals surface area (Å²) >= 11 is 0. The summed E-state index contributed by atoms with van der Waals surface area (Å²) < 4.78 is 4.98. The Kier molecular flexibility index (Phi) is 6.24. The van der Waals surface area contributed by atoms with Crippen LogP contribution in [0.25, 0.3) is 0 Å². The van der Waals surface area contributed by atoms with E-state index in [9.17, 15) is 5.11 Å². The van der Waals surface area contributed by atoms with Gasteiger partial charge in [-0.3, -0.25) is 9.88 Å². The van der Waals surface area contributed by atoms with Crippen molar-refractivity contribution in [2.45, 2.75) is 32.5 Å². The van der Waals surface area contributed by atoms with Gasteiger partial charge in [0.1, 0.15) is 0 Å². The van der Waals surface area contributed by atoms with Gasteiger partial charge in [0.05, 0.1) is 13.7 Å². The van der Waals surface area contributed by atoms with Gasteiger partial charge >= 0.3 is 6.01 Å². The van der Waals surface area contributed by atoms with Crippen LogP contribution in [0, 0.1) is 0 Å². The van der Waals surface area contributed by atoms with Crippen LogP contribution in [0.2, 0.25) is 0 Å². The lowest BCUT2D eigenvalue weighted by Gasteiger charge is -2.29. The fraction of sp³-hybridized carbons (Fsp3) is 0.438. The summed E-state index contributed by atoms with van der Waals surface area (Å²) in [7, 11) is 1.54. The molecule has 0 radical (unpaired) electrons. The highest BCUT2D eigenvalue weighted by Gasteiger charge is 2.17. The molecule has 2 rings (SSSR count). The number of aliphatic hydroxyl groups excluding tert-OH is 1. The van der Waals surface area contributed by atoms with Crippen LogP contribution < -0.4 is 4.74 Å². The second-order valence-corrected chi connectivity index (χ2v) is 5.09. The third-order valence-corrected chi connectivity index (χ3v) is 3.56. The van der Waals surface area contributed by atoms with Gasteiger partial charge in [0.25, 0.3) is 0 Å². The summed E-state index contributed by atoms with van der Waals surface area (Å²) in [5.41, 5.74) is 2.10. The standard InChI is InChI=1S/C16H22N4O2/c1-3-15(12-21)20(10-13-5-4-6-17-7-13)11-14-8-18-16(22-2)19-9-14/h4-9,15,21H,3,10-12H2,1-2H3/t15-/m1/s1. The van der Waals surface area contributed by atoms with E-state index in [1.165, 1.54) is 0 Å². The number of ether oxygens (including phenoxy) is 1. The largest absolute Gasteiger partial charge is 0.467 e. The van der Waals surface area contributed by atoms with Crippen LogP contribution in [0.15, 0.2) is 36.9 Å². The lowest BCUT2D eigenvalue weighted by molar-refractivity contribution is 0.106. The van der Waals surface area contributed by atoms with Crippen LogP contribution in [-0.4, -0.2) is 44.7 Å². The smallest absolute Gasteiger partial charge is 0.316 e. The number of hydrogen-bond donors (Lipinski definition) is 1. The average molecular weight is 302 g/mol. The fourth-order valence-electron chi connectivity index (χ4n) is 2.31. The molecule has 2 aromatic rings. The molecule has 0 amide bonds. The van der Waals surface area contributed by atoms with Crippen molar-refractivity contribution in [2.75, 3.05) is 13.7 Å². The lowest BCUT2D eigenvalue weighted by atomic mass is 10.1. The predicted molar refractivity (Wildman–Crippen MR) is 83.2 cm³/mol. The van der Waals surface area contributed by atoms with E-state index in [-0.39, 0.29) is 12.6 Å². The normalized spacial score (nSPS) is 12.4. The third kappa shape index (κ3) is 4.47. The SMILES string of the molecule is CC[C@H](CO)N(Cc1cccnc1)Cc1cnc(OC)nc1. The van der Waals surface area contributed by atoms with Crippen molar-refractivity contribution in [3.63, 3.8) is 0 Å². The second kappa shape index (κ2) is 8.41. The summed E-state index contributed by atoms with van der Waals surface area (Å²) in [5, 5.41) is 9.63. The maximum absolute atomic E-state index is 9.63. The Labute approximate surface area is 130 Å². The van der Waals surface area contributed by atoms with Crippen LogP contribution in [-0.2, 0) is 13.1 Å². The molecule has 0 fully saturated rings. The van der Waals surface area contributed by atoms with Crippen LogP contribution in [0.3, 0.4) is 0 Å². The highest BCUT2D eigenvalue weighted by molar-refractivity contribution is 5.11. The molecule has 0 aliphatic rings. The molecule has 118 valence electrons. The zero-order chi connectivity index (χ0) is 15.8. The molecule has 0 saturated carbocycles. The van der Waals surface area contributed by atoms with Crippen molar-refractivity contribution in [1.29, 1.82) is 0 Å². The minimum absolute atomic E-state index is 0.0855. The second-order valence-electron chi connectivity index (χ2n) is 5.09. The van der Waals surface area contributed by atoms with E-state index in [0.29, 0.717) is 12.6 Å². The first-order valence-corrected chi connectivity index (χ1v) is 7.35. The van der Waals surface area contributed by atoms with Gasteiger partial charge < -0.3 is 9.84 Å². The Morgan fingerprint density at radius 2 is 1.91 bits per heavy atom. The zero-order valence-electron chi connectivity index (χ0n) is 13.0. The molecule has 1 N–H and O–H groups in total. The van der Waals surface area contributed by atoms with Gasteiger partial charge in [-0.2, -0.15) is 0 Å². The monoisotopic (exact) mass is 302 g/mol. The first kappa shape index (κ1) is 16.3. The maximum Gasteiger partial charge on any atom is 0.316 e. The minimum atomic E-state index is 0.0855. The van der Waals surface area contributed by atoms with E-state index >= 15 is 0 Å². The molecule has 2 heterocycles. The van der Waals surface area contributed by atoms with Crippen molar-refractivity contribution < 1.29 is 9.84 Å². The van der Waals surface area contributed by atoms with Crippen LogP contribution in [0.4, 0.5) is 0 Å². The maximum atomic E-state index is 9.63. The molecular weight excluding hydrogens is 280 g/mol. The Hall–Kier alpha value is -2.05. The predicted octanol–water partition coefficient (Wildman–Crippen LogP) is 1.65. The summed E-state index contributed by atoms with van der Waals surface area (Å²) in [6.07, 6.45) is 7.99. The zero-order valence-corrected chi connectivity index (χ0v) is 13.0. The van der Waals surface area contributed by atoms with E-state index in [2.05, 4.69) is 26.8 Å². The number of aromatic nitrogens is 3. The minimum Gasteiger partial charge on any atom is -0.467 e. The Morgan fingerprint density at radius 3 is 2.45 bits per heavy atom. The molecular formula is C16H22N4O2. The number of nitrogens with zero attached hydrogens (tertiary/aromatic N) is 4. The van der Waals surface area contributed by atoms with Gasteiger partial charge in [0.2, 0.25) is 0 Å². The highest BCUT2D eigenvalue weighted by atomic mass is 16.5. The molecule has 1 atom stereocenters. The highest BCUT2D eigenvalue weighted by Crippen LogP contribution is 2.14. The molecule has 6 nitrogen and oxygen atoms in total. The molecule has 22 heavy (non-hydrogen) atoms. The van der Waals surface area contributed by atoms with Crippen molar-refractivity contribution in [1.82, 2.24) is 19.9 Å². The molecule has 0 saturated heterocycles. The average Bonchev–Trinajstić information content (AvgIpc) is 2.57. The van der Waals surface area contributed by atoms with Crippen molar-refractivity contribution in [2.24, 2.45) is 0 Å². The Morgan fingerprint density at radius 1 is 1.18 bits per heavy atom. The molecule has 0 unspecified atom stereocenters.